The summed E-state index contributed by atoms with van der Waals surface area (Å²) >= 11 is 0. The molecule has 0 radical (unpaired) electrons. The zero-order valence-electron chi connectivity index (χ0n) is 17.6. The molecule has 0 aliphatic heterocycles. The van der Waals surface area contributed by atoms with E-state index in [1.54, 1.807) is 11.8 Å². The second kappa shape index (κ2) is 8.36. The molecule has 4 rings (SSSR count). The van der Waals surface area contributed by atoms with Crippen LogP contribution in [-0.4, -0.2) is 22.9 Å². The number of rotatable bonds is 5. The smallest absolute Gasteiger partial charge is 0.309 e. The van der Waals surface area contributed by atoms with E-state index in [0.29, 0.717) is 22.8 Å². The average Bonchev–Trinajstić information content (AvgIpc) is 3.13. The first-order chi connectivity index (χ1) is 15.0. The lowest BCUT2D eigenvalue weighted by Gasteiger charge is -2.11. The summed E-state index contributed by atoms with van der Waals surface area (Å²) in [6, 6.07) is 22.9. The summed E-state index contributed by atoms with van der Waals surface area (Å²) in [5, 5.41) is 4.89. The maximum absolute atomic E-state index is 12.0. The van der Waals surface area contributed by atoms with Gasteiger partial charge in [-0.15, -0.1) is 0 Å². The molecule has 0 fully saturated rings. The van der Waals surface area contributed by atoms with Crippen LogP contribution < -0.4 is 15.2 Å². The van der Waals surface area contributed by atoms with Crippen molar-refractivity contribution in [3.05, 3.63) is 78.4 Å². The Bertz CT molecular complexity index is 1230. The molecular weight excluding hydrogens is 390 g/mol. The van der Waals surface area contributed by atoms with Gasteiger partial charge >= 0.3 is 5.97 Å². The van der Waals surface area contributed by atoms with Crippen LogP contribution in [0.3, 0.4) is 0 Å². The number of benzene rings is 3. The van der Waals surface area contributed by atoms with Crippen LogP contribution >= 0.6 is 0 Å². The monoisotopic (exact) mass is 413 g/mol. The molecule has 4 aromatic rings. The maximum Gasteiger partial charge on any atom is 0.309 e. The molecule has 0 saturated carbocycles. The van der Waals surface area contributed by atoms with Gasteiger partial charge in [0.25, 0.3) is 0 Å². The Kier molecular flexibility index (Phi) is 5.45. The third-order valence-electron chi connectivity index (χ3n) is 4.99. The number of nitrogens with zero attached hydrogens (tertiary/aromatic N) is 2. The summed E-state index contributed by atoms with van der Waals surface area (Å²) in [5.74, 6) is 0.682. The minimum absolute atomic E-state index is 0.359. The number of carbonyl (C=O) groups is 1. The van der Waals surface area contributed by atoms with Gasteiger partial charge in [0, 0.05) is 18.2 Å². The molecule has 0 aliphatic carbocycles. The first kappa shape index (κ1) is 20.2. The Labute approximate surface area is 180 Å². The van der Waals surface area contributed by atoms with E-state index in [4.69, 9.17) is 20.3 Å². The molecule has 0 bridgehead atoms. The number of hydrogen-bond donors (Lipinski definition) is 1. The molecule has 2 N–H and O–H groups in total. The van der Waals surface area contributed by atoms with Gasteiger partial charge in [0.15, 0.2) is 0 Å². The van der Waals surface area contributed by atoms with Gasteiger partial charge < -0.3 is 15.2 Å². The summed E-state index contributed by atoms with van der Waals surface area (Å²) in [5.41, 5.74) is 11.5. The minimum atomic E-state index is -0.423. The van der Waals surface area contributed by atoms with Crippen LogP contribution in [0, 0.1) is 6.92 Å². The van der Waals surface area contributed by atoms with Crippen LogP contribution in [-0.2, 0) is 4.79 Å². The van der Waals surface area contributed by atoms with Gasteiger partial charge in [0.05, 0.1) is 18.4 Å². The number of esters is 1. The van der Waals surface area contributed by atoms with E-state index in [1.165, 1.54) is 6.92 Å². The van der Waals surface area contributed by atoms with Crippen molar-refractivity contribution in [3.63, 3.8) is 0 Å². The Morgan fingerprint density at radius 2 is 1.58 bits per heavy atom. The van der Waals surface area contributed by atoms with Gasteiger partial charge in [-0.1, -0.05) is 30.3 Å². The Balaban J connectivity index is 2.03. The highest BCUT2D eigenvalue weighted by Gasteiger charge is 2.25. The van der Waals surface area contributed by atoms with E-state index >= 15 is 0 Å². The number of aryl methyl sites for hydroxylation is 1. The molecule has 156 valence electrons. The second-order valence-corrected chi connectivity index (χ2v) is 7.17. The average molecular weight is 413 g/mol. The largest absolute Gasteiger partial charge is 0.497 e. The molecule has 0 unspecified atom stereocenters. The molecule has 1 heterocycles. The van der Waals surface area contributed by atoms with Crippen molar-refractivity contribution >= 4 is 11.7 Å². The lowest BCUT2D eigenvalue weighted by Crippen LogP contribution is -2.09. The summed E-state index contributed by atoms with van der Waals surface area (Å²) in [4.78, 5) is 12.0. The summed E-state index contributed by atoms with van der Waals surface area (Å²) in [6.45, 7) is 3.37. The van der Waals surface area contributed by atoms with E-state index in [1.807, 2.05) is 79.7 Å². The van der Waals surface area contributed by atoms with Crippen molar-refractivity contribution in [1.82, 2.24) is 9.78 Å². The predicted molar refractivity (Wildman–Crippen MR) is 121 cm³/mol. The van der Waals surface area contributed by atoms with Crippen LogP contribution in [0.2, 0.25) is 0 Å². The topological polar surface area (TPSA) is 79.4 Å². The molecule has 0 aliphatic rings. The van der Waals surface area contributed by atoms with Gasteiger partial charge in [-0.05, 0) is 60.5 Å². The van der Waals surface area contributed by atoms with Crippen LogP contribution in [0.25, 0.3) is 28.1 Å². The summed E-state index contributed by atoms with van der Waals surface area (Å²) < 4.78 is 12.7. The zero-order chi connectivity index (χ0) is 22.0. The van der Waals surface area contributed by atoms with Crippen molar-refractivity contribution in [3.8, 4) is 39.7 Å². The van der Waals surface area contributed by atoms with Crippen LogP contribution in [0.15, 0.2) is 72.8 Å². The molecular formula is C25H23N3O3. The highest BCUT2D eigenvalue weighted by molar-refractivity contribution is 5.87. The number of ether oxygens (including phenoxy) is 2. The van der Waals surface area contributed by atoms with Crippen LogP contribution in [0.1, 0.15) is 12.5 Å². The number of anilines is 1. The Hall–Kier alpha value is -4.06. The molecule has 31 heavy (non-hydrogen) atoms. The molecule has 1 aromatic heterocycles. The van der Waals surface area contributed by atoms with Crippen molar-refractivity contribution in [2.24, 2.45) is 0 Å². The minimum Gasteiger partial charge on any atom is -0.497 e. The summed E-state index contributed by atoms with van der Waals surface area (Å²) in [6.07, 6.45) is 0. The fraction of sp³-hybridized carbons (Fsp3) is 0.120. The van der Waals surface area contributed by atoms with Gasteiger partial charge in [-0.3, -0.25) is 4.79 Å². The Morgan fingerprint density at radius 1 is 0.935 bits per heavy atom. The van der Waals surface area contributed by atoms with E-state index in [9.17, 15) is 4.79 Å². The van der Waals surface area contributed by atoms with Gasteiger partial charge in [-0.2, -0.15) is 9.78 Å². The molecule has 6 heteroatoms. The molecule has 0 spiro atoms. The van der Waals surface area contributed by atoms with Crippen molar-refractivity contribution in [1.29, 1.82) is 0 Å². The normalized spacial score (nSPS) is 10.7. The fourth-order valence-electron chi connectivity index (χ4n) is 3.46. The number of nitrogen functional groups attached to an aromatic ring is 1. The van der Waals surface area contributed by atoms with Gasteiger partial charge in [0.2, 0.25) is 5.88 Å². The zero-order valence-corrected chi connectivity index (χ0v) is 17.6. The maximum atomic E-state index is 12.0. The van der Waals surface area contributed by atoms with Crippen LogP contribution in [0.5, 0.6) is 11.6 Å². The highest BCUT2D eigenvalue weighted by atomic mass is 16.5. The van der Waals surface area contributed by atoms with Crippen molar-refractivity contribution in [2.75, 3.05) is 12.8 Å². The second-order valence-electron chi connectivity index (χ2n) is 7.17. The number of hydrogen-bond acceptors (Lipinski definition) is 5. The quantitative estimate of drug-likeness (QED) is 0.367. The van der Waals surface area contributed by atoms with E-state index in [2.05, 4.69) is 0 Å². The number of nitrogens with two attached hydrogens (primary N) is 1. The highest BCUT2D eigenvalue weighted by Crippen LogP contribution is 2.41. The van der Waals surface area contributed by atoms with Crippen molar-refractivity contribution < 1.29 is 14.3 Å². The number of methoxy groups -OCH3 is 1. The third kappa shape index (κ3) is 4.00. The molecule has 0 saturated heterocycles. The predicted octanol–water partition coefficient (Wildman–Crippen LogP) is 5.03. The molecule has 0 atom stereocenters. The standard InChI is InChI=1S/C25H23N3O3/c1-16-6-4-5-7-22(16)28-25(31-17(2)29)23(18-8-12-20(26)13-9-18)24(27-28)19-10-14-21(30-3)15-11-19/h4-15H,26H2,1-3H3. The molecule has 6 nitrogen and oxygen atoms in total. The summed E-state index contributed by atoms with van der Waals surface area (Å²) in [7, 11) is 1.63. The first-order valence-electron chi connectivity index (χ1n) is 9.85. The van der Waals surface area contributed by atoms with E-state index in [-0.39, 0.29) is 0 Å². The third-order valence-corrected chi connectivity index (χ3v) is 4.99. The number of aromatic nitrogens is 2. The molecule has 0 amide bonds. The number of para-hydroxylation sites is 1. The van der Waals surface area contributed by atoms with E-state index < -0.39 is 5.97 Å². The van der Waals surface area contributed by atoms with E-state index in [0.717, 1.165) is 28.1 Å². The molecule has 3 aromatic carbocycles. The fourth-order valence-corrected chi connectivity index (χ4v) is 3.46. The first-order valence-corrected chi connectivity index (χ1v) is 9.85. The lowest BCUT2D eigenvalue weighted by molar-refractivity contribution is -0.132. The van der Waals surface area contributed by atoms with Gasteiger partial charge in [-0.25, -0.2) is 0 Å². The van der Waals surface area contributed by atoms with Crippen LogP contribution in [0.4, 0.5) is 5.69 Å². The SMILES string of the molecule is COc1ccc(-c2nn(-c3ccccc3C)c(OC(C)=O)c2-c2ccc(N)cc2)cc1. The Morgan fingerprint density at radius 3 is 2.19 bits per heavy atom. The van der Waals surface area contributed by atoms with Gasteiger partial charge in [0.1, 0.15) is 11.4 Å². The van der Waals surface area contributed by atoms with Crippen molar-refractivity contribution in [2.45, 2.75) is 13.8 Å². The number of carbonyl (C=O) groups excluding carboxylic acids is 1. The lowest BCUT2D eigenvalue weighted by atomic mass is 10.0.